The molecule has 2 heterocycles. The van der Waals surface area contributed by atoms with E-state index >= 15 is 0 Å². The molecule has 0 N–H and O–H groups in total. The first-order valence-corrected chi connectivity index (χ1v) is 10.1. The molecular formula is C24H28N2O4. The van der Waals surface area contributed by atoms with Crippen molar-refractivity contribution in [2.75, 3.05) is 26.9 Å². The number of esters is 1. The summed E-state index contributed by atoms with van der Waals surface area (Å²) in [5, 5.41) is 0. The molecule has 1 aliphatic heterocycles. The number of methoxy groups -OCH3 is 1. The number of aromatic nitrogens is 1. The third kappa shape index (κ3) is 3.96. The zero-order chi connectivity index (χ0) is 21.8. The lowest BCUT2D eigenvalue weighted by atomic mass is 10.0. The van der Waals surface area contributed by atoms with E-state index in [0.29, 0.717) is 30.0 Å². The fraction of sp³-hybridized carbons (Fsp3) is 0.333. The average Bonchev–Trinajstić information content (AvgIpc) is 3.13. The van der Waals surface area contributed by atoms with Crippen molar-refractivity contribution < 1.29 is 19.1 Å². The number of benzene rings is 1. The summed E-state index contributed by atoms with van der Waals surface area (Å²) in [5.41, 5.74) is 5.26. The lowest BCUT2D eigenvalue weighted by Crippen LogP contribution is -2.28. The van der Waals surface area contributed by atoms with Gasteiger partial charge in [0.05, 0.1) is 24.4 Å². The molecule has 0 atom stereocenters. The Morgan fingerprint density at radius 2 is 1.83 bits per heavy atom. The van der Waals surface area contributed by atoms with Gasteiger partial charge in [-0.3, -0.25) is 4.79 Å². The number of hydrogen-bond donors (Lipinski definition) is 0. The second kappa shape index (κ2) is 9.13. The van der Waals surface area contributed by atoms with Crippen molar-refractivity contribution in [1.29, 1.82) is 0 Å². The van der Waals surface area contributed by atoms with Crippen molar-refractivity contribution in [2.24, 2.45) is 0 Å². The highest BCUT2D eigenvalue weighted by Gasteiger charge is 2.37. The van der Waals surface area contributed by atoms with Crippen LogP contribution in [0.5, 0.6) is 0 Å². The van der Waals surface area contributed by atoms with Crippen molar-refractivity contribution in [1.82, 2.24) is 9.47 Å². The highest BCUT2D eigenvalue weighted by Crippen LogP contribution is 2.33. The molecule has 1 aromatic carbocycles. The number of aryl methyl sites for hydroxylation is 1. The Labute approximate surface area is 177 Å². The van der Waals surface area contributed by atoms with Crippen LogP contribution in [0.4, 0.5) is 0 Å². The van der Waals surface area contributed by atoms with Crippen molar-refractivity contribution in [3.8, 4) is 5.69 Å². The number of para-hydroxylation sites is 1. The summed E-state index contributed by atoms with van der Waals surface area (Å²) in [6, 6.07) is 12.1. The molecule has 0 unspecified atom stereocenters. The van der Waals surface area contributed by atoms with E-state index in [1.807, 2.05) is 50.2 Å². The molecule has 2 aromatic rings. The van der Waals surface area contributed by atoms with Crippen molar-refractivity contribution in [2.45, 2.75) is 27.7 Å². The SMILES string of the molecule is CCOC(=O)C1=C(C)N(CCOC)C(=O)/C1=C\c1cc(C)n(-c2ccccc2)c1C. The fourth-order valence-electron chi connectivity index (χ4n) is 3.84. The normalized spacial score (nSPS) is 15.4. The number of hydrogen-bond acceptors (Lipinski definition) is 4. The Hall–Kier alpha value is -3.12. The van der Waals surface area contributed by atoms with E-state index in [-0.39, 0.29) is 12.5 Å². The Morgan fingerprint density at radius 1 is 1.13 bits per heavy atom. The van der Waals surface area contributed by atoms with Gasteiger partial charge >= 0.3 is 5.97 Å². The fourth-order valence-corrected chi connectivity index (χ4v) is 3.84. The third-order valence-corrected chi connectivity index (χ3v) is 5.29. The molecule has 3 rings (SSSR count). The quantitative estimate of drug-likeness (QED) is 0.516. The zero-order valence-electron chi connectivity index (χ0n) is 18.2. The van der Waals surface area contributed by atoms with Crippen molar-refractivity contribution in [3.63, 3.8) is 0 Å². The Morgan fingerprint density at radius 3 is 2.47 bits per heavy atom. The number of ether oxygens (including phenoxy) is 2. The van der Waals surface area contributed by atoms with E-state index in [1.54, 1.807) is 31.9 Å². The summed E-state index contributed by atoms with van der Waals surface area (Å²) in [4.78, 5) is 27.4. The van der Waals surface area contributed by atoms with E-state index in [1.165, 1.54) is 0 Å². The number of rotatable bonds is 7. The van der Waals surface area contributed by atoms with E-state index in [9.17, 15) is 9.59 Å². The molecule has 0 fully saturated rings. The van der Waals surface area contributed by atoms with Gasteiger partial charge in [-0.15, -0.1) is 0 Å². The highest BCUT2D eigenvalue weighted by molar-refractivity contribution is 6.16. The number of carbonyl (C=O) groups excluding carboxylic acids is 2. The van der Waals surface area contributed by atoms with Gasteiger partial charge in [0.1, 0.15) is 0 Å². The van der Waals surface area contributed by atoms with E-state index in [4.69, 9.17) is 9.47 Å². The zero-order valence-corrected chi connectivity index (χ0v) is 18.2. The Kier molecular flexibility index (Phi) is 6.57. The van der Waals surface area contributed by atoms with Gasteiger partial charge in [-0.2, -0.15) is 0 Å². The molecule has 0 spiro atoms. The molecule has 0 saturated carbocycles. The summed E-state index contributed by atoms with van der Waals surface area (Å²) in [6.07, 6.45) is 1.80. The molecule has 158 valence electrons. The Balaban J connectivity index is 2.09. The van der Waals surface area contributed by atoms with Crippen LogP contribution in [0.1, 0.15) is 30.8 Å². The number of nitrogens with zero attached hydrogens (tertiary/aromatic N) is 2. The predicted molar refractivity (Wildman–Crippen MR) is 116 cm³/mol. The highest BCUT2D eigenvalue weighted by atomic mass is 16.5. The monoisotopic (exact) mass is 408 g/mol. The lowest BCUT2D eigenvalue weighted by Gasteiger charge is -2.16. The van der Waals surface area contributed by atoms with Gasteiger partial charge in [-0.05, 0) is 57.5 Å². The van der Waals surface area contributed by atoms with Crippen LogP contribution in [0.3, 0.4) is 0 Å². The predicted octanol–water partition coefficient (Wildman–Crippen LogP) is 3.80. The summed E-state index contributed by atoms with van der Waals surface area (Å²) in [5.74, 6) is -0.691. The first kappa shape index (κ1) is 21.6. The summed E-state index contributed by atoms with van der Waals surface area (Å²) < 4.78 is 12.5. The van der Waals surface area contributed by atoms with Gasteiger partial charge in [-0.25, -0.2) is 4.79 Å². The Bertz CT molecular complexity index is 1020. The largest absolute Gasteiger partial charge is 0.462 e. The maximum Gasteiger partial charge on any atom is 0.340 e. The minimum Gasteiger partial charge on any atom is -0.462 e. The minimum absolute atomic E-state index is 0.211. The van der Waals surface area contributed by atoms with Crippen LogP contribution in [0.2, 0.25) is 0 Å². The molecular weight excluding hydrogens is 380 g/mol. The van der Waals surface area contributed by atoms with Gasteiger partial charge in [0.15, 0.2) is 0 Å². The molecule has 1 amide bonds. The molecule has 1 aromatic heterocycles. The smallest absolute Gasteiger partial charge is 0.340 e. The molecule has 0 bridgehead atoms. The van der Waals surface area contributed by atoms with E-state index in [0.717, 1.165) is 22.6 Å². The standard InChI is InChI=1S/C24H28N2O4/c1-6-30-24(28)22-18(4)25(12-13-29-5)23(27)21(22)15-19-14-16(2)26(17(19)3)20-10-8-7-9-11-20/h7-11,14-15H,6,12-13H2,1-5H3/b21-15-. The first-order chi connectivity index (χ1) is 14.4. The second-order valence-electron chi connectivity index (χ2n) is 7.19. The third-order valence-electron chi connectivity index (χ3n) is 5.29. The van der Waals surface area contributed by atoms with Crippen molar-refractivity contribution >= 4 is 18.0 Å². The van der Waals surface area contributed by atoms with Gasteiger partial charge in [-0.1, -0.05) is 18.2 Å². The van der Waals surface area contributed by atoms with Crippen LogP contribution in [0.15, 0.2) is 53.2 Å². The van der Waals surface area contributed by atoms with E-state index < -0.39 is 5.97 Å². The molecule has 0 saturated heterocycles. The summed E-state index contributed by atoms with van der Waals surface area (Å²) >= 11 is 0. The van der Waals surface area contributed by atoms with Crippen LogP contribution in [0, 0.1) is 13.8 Å². The maximum atomic E-state index is 13.2. The van der Waals surface area contributed by atoms with Gasteiger partial charge in [0, 0.05) is 36.4 Å². The number of amides is 1. The van der Waals surface area contributed by atoms with Crippen LogP contribution in [0.25, 0.3) is 11.8 Å². The van der Waals surface area contributed by atoms with Crippen molar-refractivity contribution in [3.05, 3.63) is 70.2 Å². The number of carbonyl (C=O) groups is 2. The molecule has 6 nitrogen and oxygen atoms in total. The van der Waals surface area contributed by atoms with Gasteiger partial charge in [0.2, 0.25) is 0 Å². The van der Waals surface area contributed by atoms with Crippen LogP contribution in [-0.4, -0.2) is 48.2 Å². The minimum atomic E-state index is -0.480. The summed E-state index contributed by atoms with van der Waals surface area (Å²) in [7, 11) is 1.58. The topological polar surface area (TPSA) is 60.8 Å². The van der Waals surface area contributed by atoms with Gasteiger partial charge in [0.25, 0.3) is 5.91 Å². The van der Waals surface area contributed by atoms with Crippen LogP contribution >= 0.6 is 0 Å². The first-order valence-electron chi connectivity index (χ1n) is 10.1. The molecule has 6 heteroatoms. The number of allylic oxidation sites excluding steroid dienone is 1. The lowest BCUT2D eigenvalue weighted by molar-refractivity contribution is -0.138. The van der Waals surface area contributed by atoms with E-state index in [2.05, 4.69) is 4.57 Å². The van der Waals surface area contributed by atoms with Crippen LogP contribution in [-0.2, 0) is 19.1 Å². The molecule has 1 aliphatic rings. The molecule has 0 aliphatic carbocycles. The summed E-state index contributed by atoms with van der Waals surface area (Å²) in [6.45, 7) is 8.57. The second-order valence-corrected chi connectivity index (χ2v) is 7.19. The maximum absolute atomic E-state index is 13.2. The molecule has 0 radical (unpaired) electrons. The average molecular weight is 408 g/mol. The molecule has 30 heavy (non-hydrogen) atoms. The van der Waals surface area contributed by atoms with Crippen LogP contribution < -0.4 is 0 Å². The van der Waals surface area contributed by atoms with Gasteiger partial charge < -0.3 is 18.9 Å².